The third-order valence-corrected chi connectivity index (χ3v) is 3.39. The zero-order chi connectivity index (χ0) is 16.1. The van der Waals surface area contributed by atoms with E-state index in [9.17, 15) is 9.59 Å². The Morgan fingerprint density at radius 2 is 2.23 bits per heavy atom. The van der Waals surface area contributed by atoms with Gasteiger partial charge in [0.05, 0.1) is 12.3 Å². The van der Waals surface area contributed by atoms with Crippen LogP contribution in [-0.4, -0.2) is 43.2 Å². The molecule has 0 aromatic heterocycles. The summed E-state index contributed by atoms with van der Waals surface area (Å²) in [7, 11) is 0. The van der Waals surface area contributed by atoms with Crippen molar-refractivity contribution in [2.45, 2.75) is 32.8 Å². The number of benzene rings is 1. The molecule has 0 spiro atoms. The van der Waals surface area contributed by atoms with Gasteiger partial charge in [0, 0.05) is 18.7 Å². The van der Waals surface area contributed by atoms with Gasteiger partial charge in [-0.3, -0.25) is 9.59 Å². The van der Waals surface area contributed by atoms with Crippen LogP contribution in [0.3, 0.4) is 0 Å². The summed E-state index contributed by atoms with van der Waals surface area (Å²) in [5, 5.41) is 9.02. The number of aldehydes is 1. The summed E-state index contributed by atoms with van der Waals surface area (Å²) in [5.41, 5.74) is 0.942. The zero-order valence-electron chi connectivity index (χ0n) is 12.9. The summed E-state index contributed by atoms with van der Waals surface area (Å²) in [6.45, 7) is 4.51. The van der Waals surface area contributed by atoms with Crippen LogP contribution in [0.2, 0.25) is 0 Å². The van der Waals surface area contributed by atoms with Crippen molar-refractivity contribution in [1.29, 1.82) is 0 Å². The van der Waals surface area contributed by atoms with E-state index in [1.807, 2.05) is 6.92 Å². The molecular weight excluding hydrogens is 286 g/mol. The van der Waals surface area contributed by atoms with Crippen molar-refractivity contribution in [2.24, 2.45) is 0 Å². The number of nitrogens with zero attached hydrogens (tertiary/aromatic N) is 1. The van der Waals surface area contributed by atoms with Crippen molar-refractivity contribution in [3.63, 3.8) is 0 Å². The van der Waals surface area contributed by atoms with E-state index in [2.05, 4.69) is 0 Å². The average Bonchev–Trinajstić information content (AvgIpc) is 2.53. The van der Waals surface area contributed by atoms with Gasteiger partial charge in [-0.1, -0.05) is 6.92 Å². The first-order valence-corrected chi connectivity index (χ1v) is 7.47. The van der Waals surface area contributed by atoms with Crippen LogP contribution in [0.15, 0.2) is 12.1 Å². The Balaban J connectivity index is 2.47. The van der Waals surface area contributed by atoms with E-state index in [0.717, 1.165) is 6.42 Å². The number of hydrogen-bond donors (Lipinski definition) is 1. The first kappa shape index (κ1) is 16.3. The Morgan fingerprint density at radius 3 is 2.86 bits per heavy atom. The van der Waals surface area contributed by atoms with E-state index in [-0.39, 0.29) is 12.5 Å². The van der Waals surface area contributed by atoms with Gasteiger partial charge >= 0.3 is 0 Å². The lowest BCUT2D eigenvalue weighted by atomic mass is 10.1. The van der Waals surface area contributed by atoms with Gasteiger partial charge in [-0.15, -0.1) is 0 Å². The van der Waals surface area contributed by atoms with E-state index in [4.69, 9.17) is 14.6 Å². The fourth-order valence-electron chi connectivity index (χ4n) is 2.34. The minimum atomic E-state index is -0.628. The summed E-state index contributed by atoms with van der Waals surface area (Å²) in [4.78, 5) is 25.0. The third-order valence-electron chi connectivity index (χ3n) is 3.39. The maximum Gasteiger partial charge on any atom is 0.267 e. The van der Waals surface area contributed by atoms with Crippen LogP contribution in [0, 0.1) is 0 Å². The molecule has 6 heteroatoms. The summed E-state index contributed by atoms with van der Waals surface area (Å²) in [5.74, 6) is 0.754. The summed E-state index contributed by atoms with van der Waals surface area (Å²) >= 11 is 0. The molecule has 1 aromatic carbocycles. The second-order valence-electron chi connectivity index (χ2n) is 5.16. The smallest absolute Gasteiger partial charge is 0.267 e. The molecule has 0 saturated carbocycles. The highest BCUT2D eigenvalue weighted by molar-refractivity contribution is 6.01. The Morgan fingerprint density at radius 1 is 1.45 bits per heavy atom. The number of ether oxygens (including phenoxy) is 2. The number of fused-ring (bicyclic) bond motifs is 1. The second kappa shape index (κ2) is 7.26. The van der Waals surface area contributed by atoms with Crippen molar-refractivity contribution < 1.29 is 24.2 Å². The summed E-state index contributed by atoms with van der Waals surface area (Å²) in [6.07, 6.45) is 1.36. The van der Waals surface area contributed by atoms with Gasteiger partial charge < -0.3 is 19.5 Å². The monoisotopic (exact) mass is 307 g/mol. The fourth-order valence-corrected chi connectivity index (χ4v) is 2.34. The molecule has 1 heterocycles. The molecule has 0 saturated heterocycles. The van der Waals surface area contributed by atoms with Crippen molar-refractivity contribution in [3.8, 4) is 11.5 Å². The number of aliphatic hydroxyl groups is 1. The third kappa shape index (κ3) is 3.22. The molecule has 2 rings (SSSR count). The van der Waals surface area contributed by atoms with Gasteiger partial charge in [0.15, 0.2) is 17.6 Å². The Bertz CT molecular complexity index is 558. The molecule has 6 nitrogen and oxygen atoms in total. The first-order valence-electron chi connectivity index (χ1n) is 7.47. The number of carbonyl (C=O) groups is 2. The van der Waals surface area contributed by atoms with Crippen molar-refractivity contribution in [2.75, 3.05) is 24.7 Å². The van der Waals surface area contributed by atoms with E-state index in [1.165, 1.54) is 0 Å². The molecule has 1 atom stereocenters. The van der Waals surface area contributed by atoms with E-state index in [1.54, 1.807) is 24.0 Å². The topological polar surface area (TPSA) is 76.1 Å². The highest BCUT2D eigenvalue weighted by Gasteiger charge is 2.33. The predicted molar refractivity (Wildman–Crippen MR) is 81.8 cm³/mol. The SMILES string of the molecule is CCCOc1cc(C=O)cc2c1OC(C)C(=O)N2CCCO. The Labute approximate surface area is 129 Å². The molecule has 1 amide bonds. The average molecular weight is 307 g/mol. The lowest BCUT2D eigenvalue weighted by Crippen LogP contribution is -2.45. The van der Waals surface area contributed by atoms with Crippen molar-refractivity contribution >= 4 is 17.9 Å². The summed E-state index contributed by atoms with van der Waals surface area (Å²) in [6, 6.07) is 3.23. The fraction of sp³-hybridized carbons (Fsp3) is 0.500. The molecule has 120 valence electrons. The van der Waals surface area contributed by atoms with Crippen LogP contribution in [0.25, 0.3) is 0 Å². The molecule has 0 bridgehead atoms. The molecule has 22 heavy (non-hydrogen) atoms. The number of rotatable bonds is 7. The Kier molecular flexibility index (Phi) is 5.38. The highest BCUT2D eigenvalue weighted by atomic mass is 16.5. The van der Waals surface area contributed by atoms with Gasteiger partial charge in [-0.05, 0) is 31.9 Å². The standard InChI is InChI=1S/C16H21NO5/c1-3-7-21-14-9-12(10-19)8-13-15(14)22-11(2)16(20)17(13)5-4-6-18/h8-11,18H,3-7H2,1-2H3. The van der Waals surface area contributed by atoms with Gasteiger partial charge in [0.25, 0.3) is 5.91 Å². The molecule has 0 fully saturated rings. The lowest BCUT2D eigenvalue weighted by Gasteiger charge is -2.34. The highest BCUT2D eigenvalue weighted by Crippen LogP contribution is 2.42. The minimum absolute atomic E-state index is 0.0130. The van der Waals surface area contributed by atoms with Crippen LogP contribution < -0.4 is 14.4 Å². The maximum atomic E-state index is 12.3. The van der Waals surface area contributed by atoms with Gasteiger partial charge in [-0.2, -0.15) is 0 Å². The van der Waals surface area contributed by atoms with E-state index < -0.39 is 6.10 Å². The lowest BCUT2D eigenvalue weighted by molar-refractivity contribution is -0.125. The molecular formula is C16H21NO5. The maximum absolute atomic E-state index is 12.3. The quantitative estimate of drug-likeness (QED) is 0.777. The summed E-state index contributed by atoms with van der Waals surface area (Å²) < 4.78 is 11.3. The second-order valence-corrected chi connectivity index (χ2v) is 5.16. The Hall–Kier alpha value is -2.08. The molecule has 1 aliphatic rings. The van der Waals surface area contributed by atoms with Crippen LogP contribution in [0.4, 0.5) is 5.69 Å². The van der Waals surface area contributed by atoms with Crippen molar-refractivity contribution in [1.82, 2.24) is 0 Å². The van der Waals surface area contributed by atoms with E-state index >= 15 is 0 Å². The van der Waals surface area contributed by atoms with Crippen LogP contribution in [0.1, 0.15) is 37.0 Å². The van der Waals surface area contributed by atoms with Gasteiger partial charge in [0.1, 0.15) is 6.29 Å². The van der Waals surface area contributed by atoms with Crippen molar-refractivity contribution in [3.05, 3.63) is 17.7 Å². The van der Waals surface area contributed by atoms with Gasteiger partial charge in [0.2, 0.25) is 0 Å². The van der Waals surface area contributed by atoms with Crippen LogP contribution in [0.5, 0.6) is 11.5 Å². The number of carbonyl (C=O) groups excluding carboxylic acids is 2. The number of amides is 1. The number of hydrogen-bond acceptors (Lipinski definition) is 5. The largest absolute Gasteiger partial charge is 0.490 e. The van der Waals surface area contributed by atoms with Gasteiger partial charge in [-0.25, -0.2) is 0 Å². The molecule has 1 N–H and O–H groups in total. The number of aliphatic hydroxyl groups excluding tert-OH is 1. The minimum Gasteiger partial charge on any atom is -0.490 e. The normalized spacial score (nSPS) is 17.0. The van der Waals surface area contributed by atoms with E-state index in [0.29, 0.717) is 48.6 Å². The molecule has 1 aromatic rings. The van der Waals surface area contributed by atoms with Crippen LogP contribution >= 0.6 is 0 Å². The molecule has 0 aliphatic carbocycles. The predicted octanol–water partition coefficient (Wildman–Crippen LogP) is 1.78. The van der Waals surface area contributed by atoms with Crippen LogP contribution in [-0.2, 0) is 4.79 Å². The zero-order valence-corrected chi connectivity index (χ0v) is 12.9. The molecule has 1 aliphatic heterocycles. The first-order chi connectivity index (χ1) is 10.6. The molecule has 0 radical (unpaired) electrons. The number of anilines is 1. The molecule has 1 unspecified atom stereocenters.